The minimum atomic E-state index is -3.25. The summed E-state index contributed by atoms with van der Waals surface area (Å²) in [6.07, 6.45) is 2.65. The Hall–Kier alpha value is -2.58. The summed E-state index contributed by atoms with van der Waals surface area (Å²) in [6.45, 7) is 2.03. The van der Waals surface area contributed by atoms with Crippen LogP contribution >= 0.6 is 0 Å². The maximum atomic E-state index is 12.1. The SMILES string of the molecule is COc1ccc(CCNC(=O)CN(C)CCCOc2cccc(S(C)(=O)=O)c2)cc1. The van der Waals surface area contributed by atoms with Crippen molar-refractivity contribution in [3.05, 3.63) is 54.1 Å². The third-order valence-electron chi connectivity index (χ3n) is 4.49. The zero-order chi connectivity index (χ0) is 22.0. The molecule has 0 aliphatic heterocycles. The van der Waals surface area contributed by atoms with Gasteiger partial charge in [-0.15, -0.1) is 0 Å². The van der Waals surface area contributed by atoms with E-state index in [1.54, 1.807) is 25.3 Å². The van der Waals surface area contributed by atoms with E-state index in [0.29, 0.717) is 32.0 Å². The Morgan fingerprint density at radius 2 is 1.83 bits per heavy atom. The summed E-state index contributed by atoms with van der Waals surface area (Å²) in [4.78, 5) is 14.2. The van der Waals surface area contributed by atoms with Crippen molar-refractivity contribution in [3.63, 3.8) is 0 Å². The van der Waals surface area contributed by atoms with Crippen LogP contribution in [0.4, 0.5) is 0 Å². The Kier molecular flexibility index (Phi) is 9.14. The second-order valence-corrected chi connectivity index (χ2v) is 9.15. The topological polar surface area (TPSA) is 84.9 Å². The summed E-state index contributed by atoms with van der Waals surface area (Å²) in [5.41, 5.74) is 1.14. The van der Waals surface area contributed by atoms with Crippen molar-refractivity contribution >= 4 is 15.7 Å². The van der Waals surface area contributed by atoms with E-state index in [0.717, 1.165) is 24.2 Å². The van der Waals surface area contributed by atoms with Crippen molar-refractivity contribution < 1.29 is 22.7 Å². The first kappa shape index (κ1) is 23.7. The van der Waals surface area contributed by atoms with Gasteiger partial charge in [-0.2, -0.15) is 0 Å². The van der Waals surface area contributed by atoms with Crippen molar-refractivity contribution in [1.29, 1.82) is 0 Å². The average Bonchev–Trinajstić information content (AvgIpc) is 2.71. The van der Waals surface area contributed by atoms with Crippen LogP contribution < -0.4 is 14.8 Å². The molecule has 0 atom stereocenters. The fourth-order valence-corrected chi connectivity index (χ4v) is 3.49. The molecule has 30 heavy (non-hydrogen) atoms. The van der Waals surface area contributed by atoms with Gasteiger partial charge in [0, 0.05) is 19.3 Å². The van der Waals surface area contributed by atoms with Crippen molar-refractivity contribution in [2.45, 2.75) is 17.7 Å². The number of rotatable bonds is 12. The second kappa shape index (κ2) is 11.6. The lowest BCUT2D eigenvalue weighted by atomic mass is 10.1. The molecule has 0 radical (unpaired) electrons. The number of nitrogens with zero attached hydrogens (tertiary/aromatic N) is 1. The van der Waals surface area contributed by atoms with Crippen LogP contribution in [0.5, 0.6) is 11.5 Å². The summed E-state index contributed by atoms with van der Waals surface area (Å²) in [6, 6.07) is 14.3. The average molecular weight is 435 g/mol. The Balaban J connectivity index is 1.62. The number of hydrogen-bond donors (Lipinski definition) is 1. The molecular formula is C22H30N2O5S. The van der Waals surface area contributed by atoms with E-state index in [1.807, 2.05) is 36.2 Å². The van der Waals surface area contributed by atoms with Crippen molar-refractivity contribution in [2.24, 2.45) is 0 Å². The fourth-order valence-electron chi connectivity index (χ4n) is 2.84. The maximum absolute atomic E-state index is 12.1. The van der Waals surface area contributed by atoms with E-state index >= 15 is 0 Å². The number of nitrogens with one attached hydrogen (secondary N) is 1. The first-order valence-electron chi connectivity index (χ1n) is 9.79. The number of methoxy groups -OCH3 is 1. The van der Waals surface area contributed by atoms with Gasteiger partial charge in [-0.05, 0) is 55.8 Å². The van der Waals surface area contributed by atoms with E-state index in [2.05, 4.69) is 5.32 Å². The van der Waals surface area contributed by atoms with E-state index in [1.165, 1.54) is 12.3 Å². The lowest BCUT2D eigenvalue weighted by Crippen LogP contribution is -2.36. The van der Waals surface area contributed by atoms with Gasteiger partial charge in [-0.1, -0.05) is 18.2 Å². The minimum absolute atomic E-state index is 0.0206. The number of amides is 1. The molecule has 7 nitrogen and oxygen atoms in total. The zero-order valence-corrected chi connectivity index (χ0v) is 18.6. The molecule has 0 heterocycles. The molecule has 164 valence electrons. The van der Waals surface area contributed by atoms with Gasteiger partial charge in [0.1, 0.15) is 11.5 Å². The highest BCUT2D eigenvalue weighted by Gasteiger charge is 2.09. The van der Waals surface area contributed by atoms with Gasteiger partial charge >= 0.3 is 0 Å². The number of carbonyl (C=O) groups is 1. The highest BCUT2D eigenvalue weighted by molar-refractivity contribution is 7.90. The summed E-state index contributed by atoms with van der Waals surface area (Å²) in [7, 11) is 0.266. The molecule has 1 N–H and O–H groups in total. The zero-order valence-electron chi connectivity index (χ0n) is 17.8. The van der Waals surface area contributed by atoms with Crippen LogP contribution in [0.25, 0.3) is 0 Å². The van der Waals surface area contributed by atoms with Gasteiger partial charge in [0.05, 0.1) is 25.2 Å². The van der Waals surface area contributed by atoms with Crippen molar-refractivity contribution in [1.82, 2.24) is 10.2 Å². The normalized spacial score (nSPS) is 11.3. The molecule has 0 spiro atoms. The smallest absolute Gasteiger partial charge is 0.234 e. The van der Waals surface area contributed by atoms with E-state index in [-0.39, 0.29) is 10.8 Å². The number of likely N-dealkylation sites (N-methyl/N-ethyl adjacent to an activating group) is 1. The fraction of sp³-hybridized carbons (Fsp3) is 0.409. The summed E-state index contributed by atoms with van der Waals surface area (Å²) in [5, 5.41) is 2.93. The predicted octanol–water partition coefficient (Wildman–Crippen LogP) is 2.16. The van der Waals surface area contributed by atoms with E-state index in [9.17, 15) is 13.2 Å². The van der Waals surface area contributed by atoms with Crippen LogP contribution in [-0.2, 0) is 21.1 Å². The molecule has 0 aliphatic carbocycles. The number of benzene rings is 2. The summed E-state index contributed by atoms with van der Waals surface area (Å²) >= 11 is 0. The molecule has 2 aromatic rings. The first-order chi connectivity index (χ1) is 14.3. The highest BCUT2D eigenvalue weighted by Crippen LogP contribution is 2.17. The van der Waals surface area contributed by atoms with Crippen LogP contribution in [0.2, 0.25) is 0 Å². The molecule has 0 saturated heterocycles. The van der Waals surface area contributed by atoms with E-state index < -0.39 is 9.84 Å². The molecule has 0 fully saturated rings. The van der Waals surface area contributed by atoms with Crippen LogP contribution in [0.3, 0.4) is 0 Å². The lowest BCUT2D eigenvalue weighted by Gasteiger charge is -2.16. The van der Waals surface area contributed by atoms with Crippen LogP contribution in [0.15, 0.2) is 53.4 Å². The third kappa shape index (κ3) is 8.42. The number of carbonyl (C=O) groups excluding carboxylic acids is 1. The second-order valence-electron chi connectivity index (χ2n) is 7.13. The molecule has 8 heteroatoms. The van der Waals surface area contributed by atoms with Gasteiger partial charge in [-0.3, -0.25) is 9.69 Å². The van der Waals surface area contributed by atoms with E-state index in [4.69, 9.17) is 9.47 Å². The Labute approximate surface area is 178 Å². The van der Waals surface area contributed by atoms with Crippen LogP contribution in [0.1, 0.15) is 12.0 Å². The van der Waals surface area contributed by atoms with Gasteiger partial charge in [0.2, 0.25) is 5.91 Å². The molecule has 0 aliphatic rings. The molecule has 0 aromatic heterocycles. The first-order valence-corrected chi connectivity index (χ1v) is 11.7. The van der Waals surface area contributed by atoms with Gasteiger partial charge < -0.3 is 14.8 Å². The minimum Gasteiger partial charge on any atom is -0.497 e. The quantitative estimate of drug-likeness (QED) is 0.516. The standard InChI is InChI=1S/C22H30N2O5S/c1-24(14-5-15-29-20-6-4-7-21(16-20)30(3,26)27)17-22(25)23-13-12-18-8-10-19(28-2)11-9-18/h4,6-11,16H,5,12-15,17H2,1-3H3,(H,23,25). The largest absolute Gasteiger partial charge is 0.497 e. The molecule has 0 bridgehead atoms. The number of sulfone groups is 1. The van der Waals surface area contributed by atoms with Gasteiger partial charge in [-0.25, -0.2) is 8.42 Å². The van der Waals surface area contributed by atoms with Crippen LogP contribution in [0, 0.1) is 0 Å². The van der Waals surface area contributed by atoms with Crippen LogP contribution in [-0.4, -0.2) is 65.9 Å². The number of hydrogen-bond acceptors (Lipinski definition) is 6. The predicted molar refractivity (Wildman–Crippen MR) is 117 cm³/mol. The molecule has 2 rings (SSSR count). The van der Waals surface area contributed by atoms with Crippen molar-refractivity contribution in [2.75, 3.05) is 46.7 Å². The molecule has 1 amide bonds. The lowest BCUT2D eigenvalue weighted by molar-refractivity contribution is -0.121. The van der Waals surface area contributed by atoms with Gasteiger partial charge in [0.15, 0.2) is 9.84 Å². The summed E-state index contributed by atoms with van der Waals surface area (Å²) in [5.74, 6) is 1.32. The Morgan fingerprint density at radius 1 is 1.10 bits per heavy atom. The van der Waals surface area contributed by atoms with Crippen molar-refractivity contribution in [3.8, 4) is 11.5 Å². The molecule has 2 aromatic carbocycles. The monoisotopic (exact) mass is 434 g/mol. The third-order valence-corrected chi connectivity index (χ3v) is 5.61. The molecule has 0 saturated carbocycles. The highest BCUT2D eigenvalue weighted by atomic mass is 32.2. The molecule has 0 unspecified atom stereocenters. The summed E-state index contributed by atoms with van der Waals surface area (Å²) < 4.78 is 33.9. The maximum Gasteiger partial charge on any atom is 0.234 e. The molecular weight excluding hydrogens is 404 g/mol. The van der Waals surface area contributed by atoms with Gasteiger partial charge in [0.25, 0.3) is 0 Å². The number of ether oxygens (including phenoxy) is 2. The Bertz CT molecular complexity index is 913. The Morgan fingerprint density at radius 3 is 2.50 bits per heavy atom.